The first-order valence-electron chi connectivity index (χ1n) is 8.90. The van der Waals surface area contributed by atoms with Crippen LogP contribution in [-0.2, 0) is 12.8 Å². The lowest BCUT2D eigenvalue weighted by Gasteiger charge is -2.25. The lowest BCUT2D eigenvalue weighted by molar-refractivity contribution is 0.0926. The van der Waals surface area contributed by atoms with Gasteiger partial charge in [0, 0.05) is 29.4 Å². The van der Waals surface area contributed by atoms with Crippen molar-refractivity contribution in [1.82, 2.24) is 20.3 Å². The maximum atomic E-state index is 12.6. The number of hydrogen-bond acceptors (Lipinski definition) is 5. The number of carbonyl (C=O) groups excluding carboxylic acids is 1. The van der Waals surface area contributed by atoms with E-state index in [-0.39, 0.29) is 11.9 Å². The molecule has 26 heavy (non-hydrogen) atoms. The van der Waals surface area contributed by atoms with Gasteiger partial charge in [-0.1, -0.05) is 37.3 Å². The van der Waals surface area contributed by atoms with E-state index in [4.69, 9.17) is 9.40 Å². The monoisotopic (exact) mass is 348 g/mol. The van der Waals surface area contributed by atoms with Crippen LogP contribution in [0.15, 0.2) is 47.3 Å². The van der Waals surface area contributed by atoms with Crippen LogP contribution in [0, 0.1) is 0 Å². The predicted molar refractivity (Wildman–Crippen MR) is 96.5 cm³/mol. The van der Waals surface area contributed by atoms with Crippen LogP contribution in [0.4, 0.5) is 0 Å². The largest absolute Gasteiger partial charge is 0.448 e. The lowest BCUT2D eigenvalue weighted by atomic mass is 9.92. The number of nitrogens with zero attached hydrogens (tertiary/aromatic N) is 3. The first-order chi connectivity index (χ1) is 12.8. The van der Waals surface area contributed by atoms with Crippen LogP contribution in [0.2, 0.25) is 0 Å². The van der Waals surface area contributed by atoms with E-state index in [0.717, 1.165) is 41.9 Å². The molecule has 2 heterocycles. The molecule has 0 radical (unpaired) electrons. The van der Waals surface area contributed by atoms with E-state index in [2.05, 4.69) is 15.3 Å². The molecule has 0 saturated carbocycles. The molecule has 0 spiro atoms. The summed E-state index contributed by atoms with van der Waals surface area (Å²) in [5.41, 5.74) is 3.36. The fraction of sp³-hybridized carbons (Fsp3) is 0.300. The Labute approximate surface area is 151 Å². The zero-order valence-corrected chi connectivity index (χ0v) is 14.6. The molecular formula is C20H20N4O2. The Morgan fingerprint density at radius 2 is 2.12 bits per heavy atom. The Morgan fingerprint density at radius 3 is 2.92 bits per heavy atom. The van der Waals surface area contributed by atoms with Crippen molar-refractivity contribution in [2.75, 3.05) is 0 Å². The summed E-state index contributed by atoms with van der Waals surface area (Å²) < 4.78 is 5.26. The molecule has 4 rings (SSSR count). The second-order valence-corrected chi connectivity index (χ2v) is 6.36. The van der Waals surface area contributed by atoms with Crippen LogP contribution in [0.25, 0.3) is 11.4 Å². The molecule has 1 amide bonds. The van der Waals surface area contributed by atoms with Crippen molar-refractivity contribution in [3.8, 4) is 11.4 Å². The zero-order chi connectivity index (χ0) is 17.9. The average Bonchev–Trinajstić information content (AvgIpc) is 3.17. The Morgan fingerprint density at radius 1 is 1.27 bits per heavy atom. The van der Waals surface area contributed by atoms with E-state index in [0.29, 0.717) is 17.9 Å². The van der Waals surface area contributed by atoms with Crippen molar-refractivity contribution in [3.05, 3.63) is 65.6 Å². The number of aromatic nitrogens is 3. The van der Waals surface area contributed by atoms with Crippen LogP contribution in [-0.4, -0.2) is 20.9 Å². The molecule has 6 heteroatoms. The minimum atomic E-state index is -0.208. The van der Waals surface area contributed by atoms with Gasteiger partial charge in [0.1, 0.15) is 5.76 Å². The number of oxazole rings is 1. The van der Waals surface area contributed by atoms with E-state index in [1.54, 1.807) is 0 Å². The number of rotatable bonds is 4. The molecule has 0 saturated heterocycles. The molecule has 1 aromatic carbocycles. The van der Waals surface area contributed by atoms with E-state index < -0.39 is 0 Å². The fourth-order valence-corrected chi connectivity index (χ4v) is 3.36. The number of amides is 1. The predicted octanol–water partition coefficient (Wildman–Crippen LogP) is 3.50. The molecule has 0 aliphatic heterocycles. The van der Waals surface area contributed by atoms with Crippen LogP contribution in [0.3, 0.4) is 0 Å². The molecule has 1 atom stereocenters. The molecule has 0 unspecified atom stereocenters. The van der Waals surface area contributed by atoms with E-state index in [1.807, 2.05) is 43.5 Å². The second-order valence-electron chi connectivity index (χ2n) is 6.36. The molecule has 0 fully saturated rings. The summed E-state index contributed by atoms with van der Waals surface area (Å²) in [6, 6.07) is 9.83. The van der Waals surface area contributed by atoms with Crippen molar-refractivity contribution in [2.24, 2.45) is 0 Å². The summed E-state index contributed by atoms with van der Waals surface area (Å²) >= 11 is 0. The Hall–Kier alpha value is -3.02. The minimum Gasteiger partial charge on any atom is -0.448 e. The Kier molecular flexibility index (Phi) is 4.48. The van der Waals surface area contributed by atoms with Gasteiger partial charge >= 0.3 is 0 Å². The van der Waals surface area contributed by atoms with Crippen LogP contribution in [0.5, 0.6) is 0 Å². The third-order valence-corrected chi connectivity index (χ3v) is 4.70. The molecular weight excluding hydrogens is 328 g/mol. The number of hydrogen-bond donors (Lipinski definition) is 1. The highest BCUT2D eigenvalue weighted by Gasteiger charge is 2.26. The number of benzene rings is 1. The van der Waals surface area contributed by atoms with Gasteiger partial charge in [-0.05, 0) is 19.3 Å². The minimum absolute atomic E-state index is 0.0996. The molecule has 132 valence electrons. The van der Waals surface area contributed by atoms with Crippen molar-refractivity contribution in [2.45, 2.75) is 38.6 Å². The quantitative estimate of drug-likeness (QED) is 0.780. The van der Waals surface area contributed by atoms with Crippen LogP contribution >= 0.6 is 0 Å². The van der Waals surface area contributed by atoms with Gasteiger partial charge in [-0.2, -0.15) is 0 Å². The molecule has 6 nitrogen and oxygen atoms in total. The normalized spacial score (nSPS) is 16.1. The van der Waals surface area contributed by atoms with Crippen molar-refractivity contribution in [1.29, 1.82) is 0 Å². The summed E-state index contributed by atoms with van der Waals surface area (Å²) in [5, 5.41) is 3.07. The molecule has 2 aromatic heterocycles. The SMILES string of the molecule is CCc1ocnc1C(=O)N[C@@H]1CCCc2nc(-c3ccccc3)ncc21. The van der Waals surface area contributed by atoms with Gasteiger partial charge in [0.05, 0.1) is 6.04 Å². The Balaban J connectivity index is 1.59. The number of carbonyl (C=O) groups is 1. The van der Waals surface area contributed by atoms with Gasteiger partial charge in [0.2, 0.25) is 0 Å². The topological polar surface area (TPSA) is 80.9 Å². The third kappa shape index (κ3) is 3.10. The van der Waals surface area contributed by atoms with Gasteiger partial charge < -0.3 is 9.73 Å². The summed E-state index contributed by atoms with van der Waals surface area (Å²) in [4.78, 5) is 25.9. The van der Waals surface area contributed by atoms with E-state index in [1.165, 1.54) is 6.39 Å². The Bertz CT molecular complexity index is 921. The molecule has 1 aliphatic rings. The fourth-order valence-electron chi connectivity index (χ4n) is 3.36. The van der Waals surface area contributed by atoms with Gasteiger partial charge in [0.15, 0.2) is 17.9 Å². The molecule has 0 bridgehead atoms. The van der Waals surface area contributed by atoms with E-state index >= 15 is 0 Å². The first kappa shape index (κ1) is 16.4. The molecule has 1 aliphatic carbocycles. The van der Waals surface area contributed by atoms with Gasteiger partial charge in [-0.15, -0.1) is 0 Å². The summed E-state index contributed by atoms with van der Waals surface area (Å²) in [5.74, 6) is 1.12. The summed E-state index contributed by atoms with van der Waals surface area (Å²) in [7, 11) is 0. The smallest absolute Gasteiger partial charge is 0.274 e. The van der Waals surface area contributed by atoms with Crippen molar-refractivity contribution < 1.29 is 9.21 Å². The highest BCUT2D eigenvalue weighted by Crippen LogP contribution is 2.30. The lowest BCUT2D eigenvalue weighted by Crippen LogP contribution is -2.32. The third-order valence-electron chi connectivity index (χ3n) is 4.70. The zero-order valence-electron chi connectivity index (χ0n) is 14.6. The molecule has 1 N–H and O–H groups in total. The van der Waals surface area contributed by atoms with Crippen LogP contribution < -0.4 is 5.32 Å². The maximum absolute atomic E-state index is 12.6. The maximum Gasteiger partial charge on any atom is 0.274 e. The first-order valence-corrected chi connectivity index (χ1v) is 8.90. The number of nitrogens with one attached hydrogen (secondary N) is 1. The average molecular weight is 348 g/mol. The van der Waals surface area contributed by atoms with E-state index in [9.17, 15) is 4.79 Å². The summed E-state index contributed by atoms with van der Waals surface area (Å²) in [6.07, 6.45) is 6.53. The standard InChI is InChI=1S/C20H20N4O2/c1-2-17-18(22-12-26-17)20(25)24-16-10-6-9-15-14(16)11-21-19(23-15)13-7-4-3-5-8-13/h3-5,7-8,11-12,16H,2,6,9-10H2,1H3,(H,24,25)/t16-/m1/s1. The molecule has 3 aromatic rings. The second kappa shape index (κ2) is 7.07. The van der Waals surface area contributed by atoms with Crippen molar-refractivity contribution >= 4 is 5.91 Å². The van der Waals surface area contributed by atoms with Gasteiger partial charge in [-0.3, -0.25) is 4.79 Å². The highest BCUT2D eigenvalue weighted by molar-refractivity contribution is 5.93. The number of fused-ring (bicyclic) bond motifs is 1. The summed E-state index contributed by atoms with van der Waals surface area (Å²) in [6.45, 7) is 1.94. The number of aryl methyl sites for hydroxylation is 2. The highest BCUT2D eigenvalue weighted by atomic mass is 16.3. The van der Waals surface area contributed by atoms with Crippen molar-refractivity contribution in [3.63, 3.8) is 0 Å². The van der Waals surface area contributed by atoms with Crippen LogP contribution in [0.1, 0.15) is 53.3 Å². The van der Waals surface area contributed by atoms with Gasteiger partial charge in [0.25, 0.3) is 5.91 Å². The van der Waals surface area contributed by atoms with Gasteiger partial charge in [-0.25, -0.2) is 15.0 Å².